The summed E-state index contributed by atoms with van der Waals surface area (Å²) in [5.41, 5.74) is 4.14. The lowest BCUT2D eigenvalue weighted by Crippen LogP contribution is -2.15. The second-order valence-electron chi connectivity index (χ2n) is 4.71. The lowest BCUT2D eigenvalue weighted by atomic mass is 10.1. The Balaban J connectivity index is 2.03. The Hall–Kier alpha value is -1.74. The number of carbonyl (C=O) groups is 1. The molecule has 0 fully saturated rings. The summed E-state index contributed by atoms with van der Waals surface area (Å²) in [6.07, 6.45) is 0.376. The van der Waals surface area contributed by atoms with Gasteiger partial charge in [0.05, 0.1) is 6.42 Å². The van der Waals surface area contributed by atoms with E-state index in [2.05, 4.69) is 24.0 Å². The summed E-state index contributed by atoms with van der Waals surface area (Å²) in [6, 6.07) is 13.6. The predicted octanol–water partition coefficient (Wildman–Crippen LogP) is 3.77. The van der Waals surface area contributed by atoms with Crippen molar-refractivity contribution in [2.75, 3.05) is 5.32 Å². The Morgan fingerprint density at radius 1 is 1.11 bits per heavy atom. The van der Waals surface area contributed by atoms with E-state index >= 15 is 0 Å². The van der Waals surface area contributed by atoms with Crippen molar-refractivity contribution < 1.29 is 4.79 Å². The van der Waals surface area contributed by atoms with Gasteiger partial charge in [0.2, 0.25) is 5.91 Å². The second kappa shape index (κ2) is 5.93. The van der Waals surface area contributed by atoms with Crippen LogP contribution < -0.4 is 5.32 Å². The van der Waals surface area contributed by atoms with Crippen LogP contribution in [0.3, 0.4) is 0 Å². The van der Waals surface area contributed by atoms with Gasteiger partial charge in [0.1, 0.15) is 0 Å². The van der Waals surface area contributed by atoms with Gasteiger partial charge in [-0.2, -0.15) is 0 Å². The molecule has 0 unspecified atom stereocenters. The van der Waals surface area contributed by atoms with Crippen LogP contribution >= 0.6 is 12.6 Å². The van der Waals surface area contributed by atoms with Crippen LogP contribution in [0.4, 0.5) is 5.69 Å². The minimum Gasteiger partial charge on any atom is -0.326 e. The van der Waals surface area contributed by atoms with E-state index in [-0.39, 0.29) is 5.91 Å². The minimum absolute atomic E-state index is 0.00105. The molecule has 2 nitrogen and oxygen atoms in total. The number of anilines is 1. The number of hydrogen-bond donors (Lipinski definition) is 2. The van der Waals surface area contributed by atoms with E-state index in [0.717, 1.165) is 21.7 Å². The molecule has 3 heteroatoms. The fourth-order valence-corrected chi connectivity index (χ4v) is 2.10. The first-order chi connectivity index (χ1) is 9.04. The van der Waals surface area contributed by atoms with Crippen LogP contribution in [0.2, 0.25) is 0 Å². The lowest BCUT2D eigenvalue weighted by Gasteiger charge is -2.09. The number of rotatable bonds is 3. The van der Waals surface area contributed by atoms with Crippen LogP contribution in [0.25, 0.3) is 0 Å². The van der Waals surface area contributed by atoms with Gasteiger partial charge in [-0.3, -0.25) is 4.79 Å². The number of aryl methyl sites for hydroxylation is 2. The summed E-state index contributed by atoms with van der Waals surface area (Å²) in [4.78, 5) is 12.9. The molecular formula is C16H17NOS. The summed E-state index contributed by atoms with van der Waals surface area (Å²) in [5.74, 6) is -0.00105. The van der Waals surface area contributed by atoms with Crippen LogP contribution in [0.1, 0.15) is 16.7 Å². The fourth-order valence-electron chi connectivity index (χ4n) is 1.95. The van der Waals surface area contributed by atoms with Crippen molar-refractivity contribution in [1.82, 2.24) is 0 Å². The van der Waals surface area contributed by atoms with Gasteiger partial charge in [-0.15, -0.1) is 12.6 Å². The highest BCUT2D eigenvalue weighted by atomic mass is 32.1. The Morgan fingerprint density at radius 3 is 2.42 bits per heavy atom. The van der Waals surface area contributed by atoms with Crippen molar-refractivity contribution in [1.29, 1.82) is 0 Å². The lowest BCUT2D eigenvalue weighted by molar-refractivity contribution is -0.115. The van der Waals surface area contributed by atoms with Crippen LogP contribution in [0.15, 0.2) is 47.4 Å². The second-order valence-corrected chi connectivity index (χ2v) is 5.23. The summed E-state index contributed by atoms with van der Waals surface area (Å²) < 4.78 is 0. The van der Waals surface area contributed by atoms with E-state index < -0.39 is 0 Å². The molecule has 2 aromatic carbocycles. The molecule has 2 aromatic rings. The molecule has 0 heterocycles. The first kappa shape index (κ1) is 13.7. The molecule has 0 bridgehead atoms. The molecule has 2 rings (SSSR count). The quantitative estimate of drug-likeness (QED) is 0.817. The predicted molar refractivity (Wildman–Crippen MR) is 81.9 cm³/mol. The van der Waals surface area contributed by atoms with Gasteiger partial charge in [0.15, 0.2) is 0 Å². The smallest absolute Gasteiger partial charge is 0.228 e. The Morgan fingerprint density at radius 2 is 1.79 bits per heavy atom. The van der Waals surface area contributed by atoms with E-state index in [1.807, 2.05) is 50.2 Å². The van der Waals surface area contributed by atoms with Gasteiger partial charge in [0, 0.05) is 10.6 Å². The highest BCUT2D eigenvalue weighted by Gasteiger charge is 2.06. The van der Waals surface area contributed by atoms with E-state index in [0.29, 0.717) is 6.42 Å². The third-order valence-corrected chi connectivity index (χ3v) is 3.26. The molecule has 98 valence electrons. The van der Waals surface area contributed by atoms with Crippen molar-refractivity contribution in [3.8, 4) is 0 Å². The zero-order valence-corrected chi connectivity index (χ0v) is 12.0. The number of carbonyl (C=O) groups excluding carboxylic acids is 1. The summed E-state index contributed by atoms with van der Waals surface area (Å²) in [5, 5.41) is 2.94. The molecule has 1 amide bonds. The summed E-state index contributed by atoms with van der Waals surface area (Å²) in [7, 11) is 0. The van der Waals surface area contributed by atoms with Gasteiger partial charge in [-0.1, -0.05) is 29.8 Å². The van der Waals surface area contributed by atoms with Crippen molar-refractivity contribution >= 4 is 24.2 Å². The minimum atomic E-state index is -0.00105. The van der Waals surface area contributed by atoms with E-state index in [1.165, 1.54) is 5.56 Å². The number of amides is 1. The Bertz CT molecular complexity index is 590. The first-order valence-electron chi connectivity index (χ1n) is 6.19. The SMILES string of the molecule is Cc1ccc(NC(=O)Cc2ccc(S)cc2)c(C)c1. The van der Waals surface area contributed by atoms with Crippen LogP contribution in [0.5, 0.6) is 0 Å². The first-order valence-corrected chi connectivity index (χ1v) is 6.64. The van der Waals surface area contributed by atoms with E-state index in [1.54, 1.807) is 0 Å². The zero-order chi connectivity index (χ0) is 13.8. The standard InChI is InChI=1S/C16H17NOS/c1-11-3-8-15(12(2)9-11)17-16(18)10-13-4-6-14(19)7-5-13/h3-9,19H,10H2,1-2H3,(H,17,18). The van der Waals surface area contributed by atoms with Crippen LogP contribution in [-0.2, 0) is 11.2 Å². The molecule has 0 radical (unpaired) electrons. The van der Waals surface area contributed by atoms with Gasteiger partial charge in [0.25, 0.3) is 0 Å². The maximum Gasteiger partial charge on any atom is 0.228 e. The monoisotopic (exact) mass is 271 g/mol. The van der Waals surface area contributed by atoms with Gasteiger partial charge >= 0.3 is 0 Å². The maximum absolute atomic E-state index is 12.0. The van der Waals surface area contributed by atoms with Crippen molar-refractivity contribution in [2.24, 2.45) is 0 Å². The summed E-state index contributed by atoms with van der Waals surface area (Å²) >= 11 is 4.22. The van der Waals surface area contributed by atoms with Gasteiger partial charge in [-0.25, -0.2) is 0 Å². The van der Waals surface area contributed by atoms with Crippen molar-refractivity contribution in [3.05, 3.63) is 59.2 Å². The molecule has 0 saturated carbocycles. The van der Waals surface area contributed by atoms with E-state index in [4.69, 9.17) is 0 Å². The molecule has 0 spiro atoms. The molecule has 0 atom stereocenters. The zero-order valence-electron chi connectivity index (χ0n) is 11.1. The average molecular weight is 271 g/mol. The number of benzene rings is 2. The highest BCUT2D eigenvalue weighted by Crippen LogP contribution is 2.16. The molecule has 0 aliphatic carbocycles. The normalized spacial score (nSPS) is 10.3. The molecular weight excluding hydrogens is 254 g/mol. The fraction of sp³-hybridized carbons (Fsp3) is 0.188. The number of nitrogens with one attached hydrogen (secondary N) is 1. The molecule has 19 heavy (non-hydrogen) atoms. The third kappa shape index (κ3) is 3.86. The topological polar surface area (TPSA) is 29.1 Å². The molecule has 0 aliphatic rings. The number of hydrogen-bond acceptors (Lipinski definition) is 2. The molecule has 0 aliphatic heterocycles. The Kier molecular flexibility index (Phi) is 4.27. The Labute approximate surface area is 119 Å². The molecule has 0 saturated heterocycles. The van der Waals surface area contributed by atoms with Crippen molar-refractivity contribution in [2.45, 2.75) is 25.2 Å². The third-order valence-electron chi connectivity index (χ3n) is 2.96. The van der Waals surface area contributed by atoms with E-state index in [9.17, 15) is 4.79 Å². The summed E-state index contributed by atoms with van der Waals surface area (Å²) in [6.45, 7) is 4.04. The van der Waals surface area contributed by atoms with Gasteiger partial charge < -0.3 is 5.32 Å². The average Bonchev–Trinajstić information content (AvgIpc) is 2.36. The van der Waals surface area contributed by atoms with Crippen molar-refractivity contribution in [3.63, 3.8) is 0 Å². The highest BCUT2D eigenvalue weighted by molar-refractivity contribution is 7.80. The molecule has 1 N–H and O–H groups in total. The molecule has 0 aromatic heterocycles. The largest absolute Gasteiger partial charge is 0.326 e. The van der Waals surface area contributed by atoms with Gasteiger partial charge in [-0.05, 0) is 43.2 Å². The van der Waals surface area contributed by atoms with Crippen LogP contribution in [-0.4, -0.2) is 5.91 Å². The maximum atomic E-state index is 12.0. The number of thiol groups is 1. The van der Waals surface area contributed by atoms with Crippen LogP contribution in [0, 0.1) is 13.8 Å².